The van der Waals surface area contributed by atoms with Gasteiger partial charge in [0.2, 0.25) is 5.95 Å². The van der Waals surface area contributed by atoms with Gasteiger partial charge in [0.05, 0.1) is 5.52 Å². The zero-order valence-electron chi connectivity index (χ0n) is 16.0. The van der Waals surface area contributed by atoms with Crippen LogP contribution in [0.2, 0.25) is 0 Å². The molecule has 1 fully saturated rings. The Morgan fingerprint density at radius 2 is 1.78 bits per heavy atom. The fourth-order valence-electron chi connectivity index (χ4n) is 3.60. The highest BCUT2D eigenvalue weighted by Crippen LogP contribution is 2.25. The summed E-state index contributed by atoms with van der Waals surface area (Å²) in [5.74, 6) is 2.27. The van der Waals surface area contributed by atoms with E-state index in [2.05, 4.69) is 65.8 Å². The van der Waals surface area contributed by atoms with Gasteiger partial charge in [0.1, 0.15) is 5.82 Å². The molecule has 140 valence electrons. The van der Waals surface area contributed by atoms with Gasteiger partial charge in [-0.2, -0.15) is 4.98 Å². The molecule has 2 N–H and O–H groups in total. The average molecular weight is 361 g/mol. The fraction of sp³-hybridized carbons (Fsp3) is 0.364. The summed E-state index contributed by atoms with van der Waals surface area (Å²) in [6, 6.07) is 19.1. The summed E-state index contributed by atoms with van der Waals surface area (Å²) in [5, 5.41) is 8.17. The molecule has 2 unspecified atom stereocenters. The van der Waals surface area contributed by atoms with E-state index in [1.54, 1.807) is 0 Å². The molecule has 5 nitrogen and oxygen atoms in total. The summed E-state index contributed by atoms with van der Waals surface area (Å²) in [5.41, 5.74) is 2.22. The maximum Gasteiger partial charge on any atom is 0.227 e. The van der Waals surface area contributed by atoms with Gasteiger partial charge in [-0.25, -0.2) is 4.98 Å². The number of hydrogen-bond donors (Lipinski definition) is 2. The van der Waals surface area contributed by atoms with Crippen molar-refractivity contribution in [3.63, 3.8) is 0 Å². The van der Waals surface area contributed by atoms with Crippen molar-refractivity contribution < 1.29 is 0 Å². The molecular formula is C22H27N5. The van der Waals surface area contributed by atoms with Crippen molar-refractivity contribution in [2.75, 3.05) is 29.9 Å². The molecule has 1 aliphatic rings. The summed E-state index contributed by atoms with van der Waals surface area (Å²) in [6.07, 6.45) is 0. The third kappa shape index (κ3) is 4.19. The van der Waals surface area contributed by atoms with E-state index in [4.69, 9.17) is 9.97 Å². The summed E-state index contributed by atoms with van der Waals surface area (Å²) in [7, 11) is 0. The fourth-order valence-corrected chi connectivity index (χ4v) is 3.60. The standard InChI is InChI=1S/C22H27N5/c1-16-12-23-17(2)15-27(14-16)22-25-20-11-7-6-10-19(20)21(26-22)24-13-18-8-4-3-5-9-18/h3-11,16-17,23H,12-15H2,1-2H3,(H,24,25,26). The second-order valence-corrected chi connectivity index (χ2v) is 7.55. The number of nitrogens with one attached hydrogen (secondary N) is 2. The summed E-state index contributed by atoms with van der Waals surface area (Å²) < 4.78 is 0. The van der Waals surface area contributed by atoms with Gasteiger partial charge in [-0.3, -0.25) is 0 Å². The highest BCUT2D eigenvalue weighted by atomic mass is 15.3. The Morgan fingerprint density at radius 1 is 1.00 bits per heavy atom. The molecule has 2 atom stereocenters. The molecule has 2 heterocycles. The number of aromatic nitrogens is 2. The number of anilines is 2. The molecule has 5 heteroatoms. The van der Waals surface area contributed by atoms with Crippen LogP contribution in [0, 0.1) is 5.92 Å². The predicted octanol–water partition coefficient (Wildman–Crippen LogP) is 3.68. The van der Waals surface area contributed by atoms with Crippen molar-refractivity contribution in [3.05, 3.63) is 60.2 Å². The SMILES string of the molecule is CC1CNC(C)CN(c2nc(NCc3ccccc3)c3ccccc3n2)C1. The molecule has 2 aromatic carbocycles. The predicted molar refractivity (Wildman–Crippen MR) is 112 cm³/mol. The van der Waals surface area contributed by atoms with Gasteiger partial charge in [0.15, 0.2) is 0 Å². The molecule has 0 amide bonds. The first-order valence-corrected chi connectivity index (χ1v) is 9.72. The minimum absolute atomic E-state index is 0.422. The van der Waals surface area contributed by atoms with Crippen molar-refractivity contribution in [2.45, 2.75) is 26.4 Å². The second kappa shape index (κ2) is 7.92. The van der Waals surface area contributed by atoms with E-state index in [0.29, 0.717) is 12.0 Å². The monoisotopic (exact) mass is 361 g/mol. The smallest absolute Gasteiger partial charge is 0.227 e. The maximum atomic E-state index is 4.93. The third-order valence-electron chi connectivity index (χ3n) is 5.02. The molecule has 0 spiro atoms. The van der Waals surface area contributed by atoms with Gasteiger partial charge in [-0.1, -0.05) is 49.4 Å². The Balaban J connectivity index is 1.67. The molecule has 4 rings (SSSR count). The molecule has 1 aromatic heterocycles. The normalized spacial score (nSPS) is 20.4. The first-order chi connectivity index (χ1) is 13.2. The van der Waals surface area contributed by atoms with Crippen molar-refractivity contribution in [1.29, 1.82) is 0 Å². The third-order valence-corrected chi connectivity index (χ3v) is 5.02. The lowest BCUT2D eigenvalue weighted by molar-refractivity contribution is 0.525. The zero-order chi connectivity index (χ0) is 18.6. The van der Waals surface area contributed by atoms with Gasteiger partial charge < -0.3 is 15.5 Å². The number of para-hydroxylation sites is 1. The van der Waals surface area contributed by atoms with Crippen LogP contribution in [-0.4, -0.2) is 35.6 Å². The molecular weight excluding hydrogens is 334 g/mol. The van der Waals surface area contributed by atoms with Crippen LogP contribution in [0.15, 0.2) is 54.6 Å². The van der Waals surface area contributed by atoms with E-state index in [-0.39, 0.29) is 0 Å². The van der Waals surface area contributed by atoms with Crippen LogP contribution in [0.3, 0.4) is 0 Å². The molecule has 0 saturated carbocycles. The van der Waals surface area contributed by atoms with Gasteiger partial charge >= 0.3 is 0 Å². The lowest BCUT2D eigenvalue weighted by Crippen LogP contribution is -2.36. The first kappa shape index (κ1) is 17.7. The maximum absolute atomic E-state index is 4.93. The Kier molecular flexibility index (Phi) is 5.21. The minimum atomic E-state index is 0.422. The van der Waals surface area contributed by atoms with E-state index in [1.807, 2.05) is 18.2 Å². The number of rotatable bonds is 4. The van der Waals surface area contributed by atoms with E-state index < -0.39 is 0 Å². The Bertz CT molecular complexity index is 884. The van der Waals surface area contributed by atoms with Crippen molar-refractivity contribution in [3.8, 4) is 0 Å². The van der Waals surface area contributed by atoms with Crippen molar-refractivity contribution >= 4 is 22.7 Å². The first-order valence-electron chi connectivity index (χ1n) is 9.72. The molecule has 0 bridgehead atoms. The topological polar surface area (TPSA) is 53.1 Å². The summed E-state index contributed by atoms with van der Waals surface area (Å²) in [6.45, 7) is 8.16. The van der Waals surface area contributed by atoms with E-state index in [0.717, 1.165) is 48.8 Å². The van der Waals surface area contributed by atoms with Crippen LogP contribution in [0.25, 0.3) is 10.9 Å². The molecule has 1 aliphatic heterocycles. The summed E-state index contributed by atoms with van der Waals surface area (Å²) >= 11 is 0. The van der Waals surface area contributed by atoms with Crippen LogP contribution in [0.5, 0.6) is 0 Å². The van der Waals surface area contributed by atoms with Crippen molar-refractivity contribution in [2.24, 2.45) is 5.92 Å². The lowest BCUT2D eigenvalue weighted by atomic mass is 10.2. The highest BCUT2D eigenvalue weighted by Gasteiger charge is 2.22. The van der Waals surface area contributed by atoms with Gasteiger partial charge in [-0.05, 0) is 37.1 Å². The highest BCUT2D eigenvalue weighted by molar-refractivity contribution is 5.90. The second-order valence-electron chi connectivity index (χ2n) is 7.55. The largest absolute Gasteiger partial charge is 0.365 e. The molecule has 3 aromatic rings. The lowest BCUT2D eigenvalue weighted by Gasteiger charge is -2.25. The zero-order valence-corrected chi connectivity index (χ0v) is 16.0. The quantitative estimate of drug-likeness (QED) is 0.742. The Hall–Kier alpha value is -2.66. The molecule has 1 saturated heterocycles. The van der Waals surface area contributed by atoms with E-state index in [1.165, 1.54) is 5.56 Å². The Labute approximate surface area is 160 Å². The number of hydrogen-bond acceptors (Lipinski definition) is 5. The van der Waals surface area contributed by atoms with Gasteiger partial charge in [0.25, 0.3) is 0 Å². The minimum Gasteiger partial charge on any atom is -0.365 e. The summed E-state index contributed by atoms with van der Waals surface area (Å²) in [4.78, 5) is 12.1. The van der Waals surface area contributed by atoms with Gasteiger partial charge in [-0.15, -0.1) is 0 Å². The average Bonchev–Trinajstić information content (AvgIpc) is 2.87. The van der Waals surface area contributed by atoms with Crippen molar-refractivity contribution in [1.82, 2.24) is 15.3 Å². The van der Waals surface area contributed by atoms with Crippen LogP contribution < -0.4 is 15.5 Å². The van der Waals surface area contributed by atoms with E-state index >= 15 is 0 Å². The van der Waals surface area contributed by atoms with Gasteiger partial charge in [0, 0.05) is 31.1 Å². The number of fused-ring (bicyclic) bond motifs is 1. The van der Waals surface area contributed by atoms with Crippen LogP contribution in [0.1, 0.15) is 19.4 Å². The van der Waals surface area contributed by atoms with Crippen LogP contribution in [-0.2, 0) is 6.54 Å². The van der Waals surface area contributed by atoms with Crippen LogP contribution >= 0.6 is 0 Å². The van der Waals surface area contributed by atoms with Crippen LogP contribution in [0.4, 0.5) is 11.8 Å². The number of benzene rings is 2. The molecule has 0 radical (unpaired) electrons. The molecule has 27 heavy (non-hydrogen) atoms. The van der Waals surface area contributed by atoms with E-state index in [9.17, 15) is 0 Å². The molecule has 0 aliphatic carbocycles. The number of nitrogens with zero attached hydrogens (tertiary/aromatic N) is 3. The Morgan fingerprint density at radius 3 is 2.63 bits per heavy atom.